The summed E-state index contributed by atoms with van der Waals surface area (Å²) in [6, 6.07) is 0. The molecular formula is C9H10F2N2O3. The molecule has 0 aliphatic carbocycles. The number of ether oxygens (including phenoxy) is 1. The van der Waals surface area contributed by atoms with Crippen molar-refractivity contribution >= 4 is 11.8 Å². The Morgan fingerprint density at radius 2 is 2.31 bits per heavy atom. The molecule has 1 rings (SSSR count). The minimum atomic E-state index is -3.04. The summed E-state index contributed by atoms with van der Waals surface area (Å²) in [5, 5.41) is 9.29. The van der Waals surface area contributed by atoms with Crippen LogP contribution in [0.15, 0.2) is 6.20 Å². The Morgan fingerprint density at radius 3 is 2.81 bits per heavy atom. The molecule has 1 aromatic rings. The van der Waals surface area contributed by atoms with E-state index in [1.165, 1.54) is 6.92 Å². The fourth-order valence-electron chi connectivity index (χ4n) is 1.12. The summed E-state index contributed by atoms with van der Waals surface area (Å²) in [5.41, 5.74) is 3.82. The maximum Gasteiger partial charge on any atom is 0.340 e. The van der Waals surface area contributed by atoms with Gasteiger partial charge in [-0.05, 0) is 6.92 Å². The SMILES string of the molecule is CCOC(=O)c1cnc(N)c(O)c1C(F)F. The molecule has 0 amide bonds. The largest absolute Gasteiger partial charge is 0.504 e. The number of nitrogens with zero attached hydrogens (tertiary/aromatic N) is 1. The number of aromatic hydroxyl groups is 1. The van der Waals surface area contributed by atoms with Crippen LogP contribution in [0.4, 0.5) is 14.6 Å². The number of alkyl halides is 2. The average molecular weight is 232 g/mol. The van der Waals surface area contributed by atoms with E-state index in [4.69, 9.17) is 5.73 Å². The van der Waals surface area contributed by atoms with Crippen LogP contribution >= 0.6 is 0 Å². The summed E-state index contributed by atoms with van der Waals surface area (Å²) in [5.74, 6) is -2.32. The van der Waals surface area contributed by atoms with Gasteiger partial charge in [0.05, 0.1) is 17.7 Å². The Morgan fingerprint density at radius 1 is 1.69 bits per heavy atom. The quantitative estimate of drug-likeness (QED) is 0.771. The maximum atomic E-state index is 12.6. The Labute approximate surface area is 89.9 Å². The van der Waals surface area contributed by atoms with Gasteiger partial charge in [0.15, 0.2) is 11.6 Å². The number of nitrogen functional groups attached to an aromatic ring is 1. The summed E-state index contributed by atoms with van der Waals surface area (Å²) < 4.78 is 29.8. The number of pyridine rings is 1. The molecule has 16 heavy (non-hydrogen) atoms. The molecule has 0 saturated heterocycles. The molecule has 0 unspecified atom stereocenters. The van der Waals surface area contributed by atoms with Crippen molar-refractivity contribution in [1.29, 1.82) is 0 Å². The first kappa shape index (κ1) is 12.2. The van der Waals surface area contributed by atoms with Gasteiger partial charge in [-0.3, -0.25) is 0 Å². The molecule has 88 valence electrons. The third-order valence-electron chi connectivity index (χ3n) is 1.83. The highest BCUT2D eigenvalue weighted by Crippen LogP contribution is 2.34. The Kier molecular flexibility index (Phi) is 3.60. The zero-order valence-corrected chi connectivity index (χ0v) is 8.41. The van der Waals surface area contributed by atoms with Crippen molar-refractivity contribution < 1.29 is 23.4 Å². The van der Waals surface area contributed by atoms with Crippen LogP contribution in [0.1, 0.15) is 29.3 Å². The number of rotatable bonds is 3. The molecular weight excluding hydrogens is 222 g/mol. The topological polar surface area (TPSA) is 85.4 Å². The first-order chi connectivity index (χ1) is 7.49. The summed E-state index contributed by atoms with van der Waals surface area (Å²) >= 11 is 0. The van der Waals surface area contributed by atoms with Crippen molar-refractivity contribution in [1.82, 2.24) is 4.98 Å². The van der Waals surface area contributed by atoms with Crippen molar-refractivity contribution in [3.05, 3.63) is 17.3 Å². The Hall–Kier alpha value is -1.92. The monoisotopic (exact) mass is 232 g/mol. The van der Waals surface area contributed by atoms with E-state index < -0.39 is 35.1 Å². The lowest BCUT2D eigenvalue weighted by molar-refractivity contribution is 0.0513. The second-order valence-electron chi connectivity index (χ2n) is 2.84. The Bertz CT molecular complexity index is 410. The minimum absolute atomic E-state index is 0.0344. The fourth-order valence-corrected chi connectivity index (χ4v) is 1.12. The van der Waals surface area contributed by atoms with Gasteiger partial charge in [-0.2, -0.15) is 0 Å². The first-order valence-electron chi connectivity index (χ1n) is 4.41. The molecule has 5 nitrogen and oxygen atoms in total. The number of anilines is 1. The number of carbonyl (C=O) groups excluding carboxylic acids is 1. The molecule has 7 heteroatoms. The van der Waals surface area contributed by atoms with Crippen LogP contribution < -0.4 is 5.73 Å². The van der Waals surface area contributed by atoms with E-state index in [-0.39, 0.29) is 6.61 Å². The van der Waals surface area contributed by atoms with E-state index in [0.717, 1.165) is 6.20 Å². The van der Waals surface area contributed by atoms with Gasteiger partial charge in [0, 0.05) is 6.20 Å². The van der Waals surface area contributed by atoms with Gasteiger partial charge in [-0.15, -0.1) is 0 Å². The van der Waals surface area contributed by atoms with Gasteiger partial charge in [-0.25, -0.2) is 18.6 Å². The van der Waals surface area contributed by atoms with E-state index in [1.54, 1.807) is 0 Å². The van der Waals surface area contributed by atoms with E-state index in [2.05, 4.69) is 9.72 Å². The number of nitrogens with two attached hydrogens (primary N) is 1. The lowest BCUT2D eigenvalue weighted by atomic mass is 10.1. The highest BCUT2D eigenvalue weighted by molar-refractivity contribution is 5.92. The van der Waals surface area contributed by atoms with Gasteiger partial charge in [0.25, 0.3) is 6.43 Å². The molecule has 0 aromatic carbocycles. The van der Waals surface area contributed by atoms with E-state index in [1.807, 2.05) is 0 Å². The van der Waals surface area contributed by atoms with Gasteiger partial charge < -0.3 is 15.6 Å². The van der Waals surface area contributed by atoms with Crippen molar-refractivity contribution in [3.63, 3.8) is 0 Å². The number of carbonyl (C=O) groups is 1. The fraction of sp³-hybridized carbons (Fsp3) is 0.333. The van der Waals surface area contributed by atoms with E-state index in [0.29, 0.717) is 0 Å². The lowest BCUT2D eigenvalue weighted by Crippen LogP contribution is -2.10. The van der Waals surface area contributed by atoms with Crippen LogP contribution in [0, 0.1) is 0 Å². The molecule has 0 radical (unpaired) electrons. The molecule has 0 bridgehead atoms. The molecule has 3 N–H and O–H groups in total. The highest BCUT2D eigenvalue weighted by atomic mass is 19.3. The van der Waals surface area contributed by atoms with Crippen LogP contribution in [-0.4, -0.2) is 22.7 Å². The first-order valence-corrected chi connectivity index (χ1v) is 4.41. The van der Waals surface area contributed by atoms with Crippen LogP contribution in [0.3, 0.4) is 0 Å². The van der Waals surface area contributed by atoms with Crippen LogP contribution in [0.2, 0.25) is 0 Å². The number of esters is 1. The highest BCUT2D eigenvalue weighted by Gasteiger charge is 2.25. The number of hydrogen-bond acceptors (Lipinski definition) is 5. The maximum absolute atomic E-state index is 12.6. The molecule has 1 aromatic heterocycles. The van der Waals surface area contributed by atoms with Gasteiger partial charge >= 0.3 is 5.97 Å². The lowest BCUT2D eigenvalue weighted by Gasteiger charge is -2.10. The standard InChI is InChI=1S/C9H10F2N2O3/c1-2-16-9(15)4-3-13-8(12)6(14)5(4)7(10)11/h3,7,14H,2H2,1H3,(H2,12,13). The van der Waals surface area contributed by atoms with Gasteiger partial charge in [-0.1, -0.05) is 0 Å². The smallest absolute Gasteiger partial charge is 0.340 e. The second kappa shape index (κ2) is 4.73. The van der Waals surface area contributed by atoms with Gasteiger partial charge in [0.1, 0.15) is 0 Å². The summed E-state index contributed by atoms with van der Waals surface area (Å²) in [6.45, 7) is 1.57. The molecule has 1 heterocycles. The predicted molar refractivity (Wildman–Crippen MR) is 51.2 cm³/mol. The molecule has 0 atom stereocenters. The van der Waals surface area contributed by atoms with Crippen LogP contribution in [0.25, 0.3) is 0 Å². The molecule has 0 aliphatic heterocycles. The Balaban J connectivity index is 3.28. The van der Waals surface area contributed by atoms with Crippen LogP contribution in [0.5, 0.6) is 5.75 Å². The second-order valence-corrected chi connectivity index (χ2v) is 2.84. The van der Waals surface area contributed by atoms with E-state index in [9.17, 15) is 18.7 Å². The van der Waals surface area contributed by atoms with Crippen molar-refractivity contribution in [2.75, 3.05) is 12.3 Å². The van der Waals surface area contributed by atoms with Crippen molar-refractivity contribution in [3.8, 4) is 5.75 Å². The predicted octanol–water partition coefficient (Wildman–Crippen LogP) is 1.48. The van der Waals surface area contributed by atoms with Crippen molar-refractivity contribution in [2.45, 2.75) is 13.3 Å². The normalized spacial score (nSPS) is 10.5. The zero-order valence-electron chi connectivity index (χ0n) is 8.41. The minimum Gasteiger partial charge on any atom is -0.504 e. The van der Waals surface area contributed by atoms with Crippen molar-refractivity contribution in [2.24, 2.45) is 0 Å². The summed E-state index contributed by atoms with van der Waals surface area (Å²) in [7, 11) is 0. The molecule has 0 saturated carbocycles. The third kappa shape index (κ3) is 2.18. The van der Waals surface area contributed by atoms with Gasteiger partial charge in [0.2, 0.25) is 0 Å². The molecule has 0 spiro atoms. The zero-order chi connectivity index (χ0) is 12.3. The summed E-state index contributed by atoms with van der Waals surface area (Å²) in [4.78, 5) is 14.7. The number of hydrogen-bond donors (Lipinski definition) is 2. The average Bonchev–Trinajstić information content (AvgIpc) is 2.21. The summed E-state index contributed by atoms with van der Waals surface area (Å²) in [6.07, 6.45) is -2.18. The number of aromatic nitrogens is 1. The molecule has 0 fully saturated rings. The molecule has 0 aliphatic rings. The van der Waals surface area contributed by atoms with E-state index >= 15 is 0 Å². The van der Waals surface area contributed by atoms with Crippen LogP contribution in [-0.2, 0) is 4.74 Å². The third-order valence-corrected chi connectivity index (χ3v) is 1.83. The number of halogens is 2.